The Morgan fingerprint density at radius 3 is 2.54 bits per heavy atom. The average Bonchev–Trinajstić information content (AvgIpc) is 2.32. The normalized spacial score (nSPS) is 32.1. The zero-order valence-electron chi connectivity index (χ0n) is 9.21. The molecule has 1 saturated heterocycles. The second kappa shape index (κ2) is 3.97. The lowest BCUT2D eigenvalue weighted by Crippen LogP contribution is -2.35. The summed E-state index contributed by atoms with van der Waals surface area (Å²) in [6.07, 6.45) is 2.07. The van der Waals surface area contributed by atoms with Gasteiger partial charge in [0.25, 0.3) is 0 Å². The van der Waals surface area contributed by atoms with Crippen molar-refractivity contribution in [2.75, 3.05) is 6.61 Å². The van der Waals surface area contributed by atoms with Crippen molar-refractivity contribution in [3.63, 3.8) is 0 Å². The van der Waals surface area contributed by atoms with Crippen molar-refractivity contribution in [1.29, 1.82) is 0 Å². The molecule has 1 aliphatic heterocycles. The maximum Gasteiger partial charge on any atom is 0.0653 e. The van der Waals surface area contributed by atoms with Crippen molar-refractivity contribution in [1.82, 2.24) is 0 Å². The first-order valence-corrected chi connectivity index (χ1v) is 5.23. The Morgan fingerprint density at radius 1 is 1.54 bits per heavy atom. The Labute approximate surface area is 81.3 Å². The first-order chi connectivity index (χ1) is 5.93. The van der Waals surface area contributed by atoms with Crippen molar-refractivity contribution in [3.05, 3.63) is 0 Å². The molecule has 3 unspecified atom stereocenters. The molecule has 0 aromatic heterocycles. The molecule has 1 aliphatic rings. The second-order valence-electron chi connectivity index (χ2n) is 5.10. The van der Waals surface area contributed by atoms with Crippen molar-refractivity contribution in [2.45, 2.75) is 52.7 Å². The fraction of sp³-hybridized carbons (Fsp3) is 1.00. The highest BCUT2D eigenvalue weighted by Gasteiger charge is 2.38. The van der Waals surface area contributed by atoms with Crippen LogP contribution in [0, 0.1) is 11.3 Å². The number of hydrogen-bond donors (Lipinski definition) is 1. The molecule has 2 nitrogen and oxygen atoms in total. The van der Waals surface area contributed by atoms with Crippen LogP contribution in [0.3, 0.4) is 0 Å². The van der Waals surface area contributed by atoms with Gasteiger partial charge in [-0.15, -0.1) is 0 Å². The molecule has 13 heavy (non-hydrogen) atoms. The number of ether oxygens (including phenoxy) is 1. The van der Waals surface area contributed by atoms with Crippen LogP contribution >= 0.6 is 0 Å². The summed E-state index contributed by atoms with van der Waals surface area (Å²) < 4.78 is 5.72. The maximum atomic E-state index is 9.38. The predicted octanol–water partition coefficient (Wildman–Crippen LogP) is 2.21. The molecular weight excluding hydrogens is 164 g/mol. The lowest BCUT2D eigenvalue weighted by molar-refractivity contribution is -0.0229. The topological polar surface area (TPSA) is 29.5 Å². The lowest BCUT2D eigenvalue weighted by atomic mass is 9.76. The summed E-state index contributed by atoms with van der Waals surface area (Å²) in [6, 6.07) is 0. The first kappa shape index (κ1) is 11.0. The molecule has 3 atom stereocenters. The van der Waals surface area contributed by atoms with Gasteiger partial charge in [-0.3, -0.25) is 0 Å². The highest BCUT2D eigenvalue weighted by atomic mass is 16.5. The summed E-state index contributed by atoms with van der Waals surface area (Å²) in [7, 11) is 0. The van der Waals surface area contributed by atoms with Crippen LogP contribution in [-0.4, -0.2) is 23.9 Å². The Balaban J connectivity index is 2.56. The van der Waals surface area contributed by atoms with E-state index in [9.17, 15) is 5.11 Å². The number of rotatable bonds is 3. The van der Waals surface area contributed by atoms with E-state index in [0.717, 1.165) is 19.4 Å². The zero-order valence-corrected chi connectivity index (χ0v) is 9.21. The molecule has 78 valence electrons. The highest BCUT2D eigenvalue weighted by molar-refractivity contribution is 4.87. The minimum Gasteiger partial charge on any atom is -0.393 e. The van der Waals surface area contributed by atoms with Crippen LogP contribution in [0.15, 0.2) is 0 Å². The van der Waals surface area contributed by atoms with E-state index in [4.69, 9.17) is 4.74 Å². The molecule has 1 rings (SSSR count). The van der Waals surface area contributed by atoms with Crippen LogP contribution in [0.25, 0.3) is 0 Å². The highest BCUT2D eigenvalue weighted by Crippen LogP contribution is 2.38. The molecular formula is C11H22O2. The summed E-state index contributed by atoms with van der Waals surface area (Å²) in [5.41, 5.74) is 0.101. The van der Waals surface area contributed by atoms with Gasteiger partial charge >= 0.3 is 0 Å². The van der Waals surface area contributed by atoms with Crippen LogP contribution in [0.5, 0.6) is 0 Å². The Bertz CT molecular complexity index is 163. The third-order valence-electron chi connectivity index (χ3n) is 2.98. The van der Waals surface area contributed by atoms with Gasteiger partial charge in [0.2, 0.25) is 0 Å². The van der Waals surface area contributed by atoms with Crippen molar-refractivity contribution in [2.24, 2.45) is 11.3 Å². The SMILES string of the molecule is CC(O)CC(C)(C)C1OCCC1C. The van der Waals surface area contributed by atoms with Crippen LogP contribution < -0.4 is 0 Å². The maximum absolute atomic E-state index is 9.38. The molecule has 0 saturated carbocycles. The predicted molar refractivity (Wildman–Crippen MR) is 53.6 cm³/mol. The van der Waals surface area contributed by atoms with Crippen LogP contribution in [0.1, 0.15) is 40.5 Å². The summed E-state index contributed by atoms with van der Waals surface area (Å²) in [4.78, 5) is 0. The minimum absolute atomic E-state index is 0.101. The zero-order chi connectivity index (χ0) is 10.1. The minimum atomic E-state index is -0.230. The van der Waals surface area contributed by atoms with E-state index in [1.807, 2.05) is 6.92 Å². The van der Waals surface area contributed by atoms with Gasteiger partial charge in [-0.05, 0) is 31.1 Å². The van der Waals surface area contributed by atoms with Gasteiger partial charge in [0.15, 0.2) is 0 Å². The van der Waals surface area contributed by atoms with Crippen molar-refractivity contribution < 1.29 is 9.84 Å². The number of aliphatic hydroxyl groups is 1. The van der Waals surface area contributed by atoms with Gasteiger partial charge in [0.1, 0.15) is 0 Å². The molecule has 0 radical (unpaired) electrons. The largest absolute Gasteiger partial charge is 0.393 e. The smallest absolute Gasteiger partial charge is 0.0653 e. The summed E-state index contributed by atoms with van der Waals surface area (Å²) in [5.74, 6) is 0.633. The fourth-order valence-electron chi connectivity index (χ4n) is 2.57. The monoisotopic (exact) mass is 186 g/mol. The van der Waals surface area contributed by atoms with E-state index >= 15 is 0 Å². The number of hydrogen-bond acceptors (Lipinski definition) is 2. The fourth-order valence-corrected chi connectivity index (χ4v) is 2.57. The number of aliphatic hydroxyl groups excluding tert-OH is 1. The quantitative estimate of drug-likeness (QED) is 0.732. The van der Waals surface area contributed by atoms with Crippen LogP contribution in [0.2, 0.25) is 0 Å². The van der Waals surface area contributed by atoms with Gasteiger partial charge in [0, 0.05) is 6.61 Å². The molecule has 0 aliphatic carbocycles. The van der Waals surface area contributed by atoms with Gasteiger partial charge in [-0.25, -0.2) is 0 Å². The van der Waals surface area contributed by atoms with E-state index in [2.05, 4.69) is 20.8 Å². The van der Waals surface area contributed by atoms with E-state index in [1.165, 1.54) is 0 Å². The molecule has 0 aromatic rings. The van der Waals surface area contributed by atoms with Gasteiger partial charge in [-0.1, -0.05) is 20.8 Å². The molecule has 1 fully saturated rings. The van der Waals surface area contributed by atoms with Gasteiger partial charge < -0.3 is 9.84 Å². The van der Waals surface area contributed by atoms with Crippen molar-refractivity contribution in [3.8, 4) is 0 Å². The summed E-state index contributed by atoms with van der Waals surface area (Å²) in [5, 5.41) is 9.38. The third-order valence-corrected chi connectivity index (χ3v) is 2.98. The molecule has 0 bridgehead atoms. The van der Waals surface area contributed by atoms with Gasteiger partial charge in [-0.2, -0.15) is 0 Å². The van der Waals surface area contributed by atoms with Crippen molar-refractivity contribution >= 4 is 0 Å². The van der Waals surface area contributed by atoms with E-state index in [-0.39, 0.29) is 11.5 Å². The Hall–Kier alpha value is -0.0800. The molecule has 0 aromatic carbocycles. The van der Waals surface area contributed by atoms with E-state index in [1.54, 1.807) is 0 Å². The summed E-state index contributed by atoms with van der Waals surface area (Å²) >= 11 is 0. The summed E-state index contributed by atoms with van der Waals surface area (Å²) in [6.45, 7) is 9.34. The van der Waals surface area contributed by atoms with Crippen LogP contribution in [0.4, 0.5) is 0 Å². The lowest BCUT2D eigenvalue weighted by Gasteiger charge is -2.34. The molecule has 0 spiro atoms. The Kier molecular flexibility index (Phi) is 3.36. The Morgan fingerprint density at radius 2 is 2.15 bits per heavy atom. The molecule has 2 heteroatoms. The van der Waals surface area contributed by atoms with Crippen LogP contribution in [-0.2, 0) is 4.74 Å². The van der Waals surface area contributed by atoms with Gasteiger partial charge in [0.05, 0.1) is 12.2 Å². The molecule has 1 N–H and O–H groups in total. The molecule has 0 amide bonds. The van der Waals surface area contributed by atoms with E-state index < -0.39 is 0 Å². The third kappa shape index (κ3) is 2.68. The second-order valence-corrected chi connectivity index (χ2v) is 5.10. The standard InChI is InChI=1S/C11H22O2/c1-8-5-6-13-10(8)11(3,4)7-9(2)12/h8-10,12H,5-7H2,1-4H3. The average molecular weight is 186 g/mol. The van der Waals surface area contributed by atoms with E-state index in [0.29, 0.717) is 12.0 Å². The molecule has 1 heterocycles. The first-order valence-electron chi connectivity index (χ1n) is 5.23.